The third-order valence-electron chi connectivity index (χ3n) is 13.1. The van der Waals surface area contributed by atoms with Gasteiger partial charge in [-0.3, -0.25) is 4.79 Å². The van der Waals surface area contributed by atoms with Crippen molar-refractivity contribution in [3.05, 3.63) is 12.2 Å². The van der Waals surface area contributed by atoms with Crippen LogP contribution in [0.15, 0.2) is 12.2 Å². The van der Waals surface area contributed by atoms with Gasteiger partial charge in [-0.05, 0) is 86.5 Å². The zero-order valence-electron chi connectivity index (χ0n) is 27.0. The van der Waals surface area contributed by atoms with Crippen LogP contribution < -0.4 is 0 Å². The number of methoxy groups -OCH3 is 1. The summed E-state index contributed by atoms with van der Waals surface area (Å²) in [6.07, 6.45) is -7.77. The topological polar surface area (TPSA) is 205 Å². The van der Waals surface area contributed by atoms with Crippen molar-refractivity contribution in [2.24, 2.45) is 28.1 Å². The lowest BCUT2D eigenvalue weighted by molar-refractivity contribution is -0.378. The van der Waals surface area contributed by atoms with Crippen LogP contribution in [-0.2, 0) is 28.5 Å². The molecule has 0 aromatic heterocycles. The first-order valence-electron chi connectivity index (χ1n) is 16.7. The quantitative estimate of drug-likeness (QED) is 0.109. The van der Waals surface area contributed by atoms with E-state index >= 15 is 0 Å². The normalized spacial score (nSPS) is 53.7. The van der Waals surface area contributed by atoms with Gasteiger partial charge in [0.05, 0.1) is 31.3 Å². The largest absolute Gasteiger partial charge is 0.469 e. The predicted octanol–water partition coefficient (Wildman–Crippen LogP) is -0.108. The molecule has 0 amide bonds. The standard InChI is InChI=1S/C33H52O13/c1-16-12-32-10-6-19-30(2,8-5-9-31(19,3)29(41)42-4)20(32)7-11-33(16,15-32)46-28-26(24(39)22(37)18(14-35)44-28)45-27-25(40)23(38)21(36)17(13-34)43-27/h17-28,34-40H,1,5-15H2,2-4H3/t17-,18-,19+,20+,21-,22-,23+,24+,25-,26-,27+,28+,30-,31-,32-,33+/m1/s1. The number of ether oxygens (including phenoxy) is 5. The fraction of sp³-hybridized carbons (Fsp3) is 0.909. The average molecular weight is 657 g/mol. The molecule has 13 nitrogen and oxygen atoms in total. The number of hydrogen-bond acceptors (Lipinski definition) is 13. The molecule has 4 saturated carbocycles. The van der Waals surface area contributed by atoms with Gasteiger partial charge < -0.3 is 59.4 Å². The van der Waals surface area contributed by atoms with Gasteiger partial charge in [-0.1, -0.05) is 19.9 Å². The summed E-state index contributed by atoms with van der Waals surface area (Å²) in [5.41, 5.74) is -0.699. The molecule has 1 spiro atoms. The summed E-state index contributed by atoms with van der Waals surface area (Å²) >= 11 is 0. The fourth-order valence-electron chi connectivity index (χ4n) is 10.8. The number of hydrogen-bond donors (Lipinski definition) is 7. The van der Waals surface area contributed by atoms with E-state index in [9.17, 15) is 40.5 Å². The van der Waals surface area contributed by atoms with E-state index in [2.05, 4.69) is 20.4 Å². The molecule has 0 aromatic carbocycles. The van der Waals surface area contributed by atoms with Gasteiger partial charge in [0.15, 0.2) is 12.6 Å². The lowest BCUT2D eigenvalue weighted by Crippen LogP contribution is -2.65. The Balaban J connectivity index is 1.26. The number of carbonyl (C=O) groups is 1. The van der Waals surface area contributed by atoms with E-state index in [1.54, 1.807) is 0 Å². The number of esters is 1. The lowest BCUT2D eigenvalue weighted by Gasteiger charge is -2.64. The molecule has 2 aliphatic heterocycles. The van der Waals surface area contributed by atoms with Gasteiger partial charge in [0.1, 0.15) is 48.8 Å². The van der Waals surface area contributed by atoms with Gasteiger partial charge >= 0.3 is 5.97 Å². The third-order valence-corrected chi connectivity index (χ3v) is 13.1. The Morgan fingerprint density at radius 1 is 0.848 bits per heavy atom. The first-order chi connectivity index (χ1) is 21.7. The van der Waals surface area contributed by atoms with Crippen molar-refractivity contribution in [2.45, 2.75) is 139 Å². The SMILES string of the molecule is C=C1C[C@@]23CC[C@H]4[C@@](C)(CCC[C@@]4(C)C(=O)OC)[C@@H]2CC[C@]1(O[C@@H]1O[C@H](CO)[C@@H](O)[C@H](O)[C@H]1O[C@@H]1O[C@H](CO)[C@@H](O)[C@H](O)[C@H]1O)C3. The summed E-state index contributed by atoms with van der Waals surface area (Å²) in [7, 11) is 1.47. The summed E-state index contributed by atoms with van der Waals surface area (Å²) in [4.78, 5) is 13.1. The zero-order valence-corrected chi connectivity index (χ0v) is 27.0. The fourth-order valence-corrected chi connectivity index (χ4v) is 10.8. The van der Waals surface area contributed by atoms with E-state index in [1.165, 1.54) is 7.11 Å². The van der Waals surface area contributed by atoms with Crippen LogP contribution in [0, 0.1) is 28.1 Å². The van der Waals surface area contributed by atoms with Crippen LogP contribution in [0.5, 0.6) is 0 Å². The van der Waals surface area contributed by atoms with Crippen LogP contribution in [-0.4, -0.2) is 129 Å². The zero-order chi connectivity index (χ0) is 33.4. The molecule has 6 rings (SSSR count). The van der Waals surface area contributed by atoms with Gasteiger partial charge in [-0.25, -0.2) is 0 Å². The van der Waals surface area contributed by atoms with Crippen molar-refractivity contribution in [2.75, 3.05) is 20.3 Å². The molecule has 13 heteroatoms. The number of aliphatic hydroxyl groups excluding tert-OH is 7. The second-order valence-electron chi connectivity index (χ2n) is 15.4. The van der Waals surface area contributed by atoms with Crippen molar-refractivity contribution >= 4 is 5.97 Å². The molecule has 0 aromatic rings. The van der Waals surface area contributed by atoms with Crippen LogP contribution in [0.3, 0.4) is 0 Å². The van der Waals surface area contributed by atoms with Crippen LogP contribution in [0.4, 0.5) is 0 Å². The lowest BCUT2D eigenvalue weighted by atomic mass is 9.41. The minimum absolute atomic E-state index is 0.0748. The summed E-state index contributed by atoms with van der Waals surface area (Å²) in [5.74, 6) is 0.381. The Morgan fingerprint density at radius 3 is 2.13 bits per heavy atom. The molecule has 2 heterocycles. The molecule has 4 aliphatic carbocycles. The number of aliphatic hydroxyl groups is 7. The Kier molecular flexibility index (Phi) is 9.24. The molecule has 16 atom stereocenters. The predicted molar refractivity (Wildman–Crippen MR) is 159 cm³/mol. The first kappa shape index (κ1) is 34.6. The van der Waals surface area contributed by atoms with Crippen molar-refractivity contribution < 1.29 is 64.2 Å². The molecular formula is C33H52O13. The van der Waals surface area contributed by atoms with Crippen LogP contribution in [0.2, 0.25) is 0 Å². The highest BCUT2D eigenvalue weighted by molar-refractivity contribution is 5.77. The van der Waals surface area contributed by atoms with Gasteiger partial charge in [0, 0.05) is 0 Å². The minimum Gasteiger partial charge on any atom is -0.469 e. The summed E-state index contributed by atoms with van der Waals surface area (Å²) in [6, 6.07) is 0. The molecule has 6 aliphatic rings. The maximum Gasteiger partial charge on any atom is 0.311 e. The van der Waals surface area contributed by atoms with Crippen LogP contribution in [0.1, 0.15) is 71.6 Å². The average Bonchev–Trinajstić information content (AvgIpc) is 3.23. The van der Waals surface area contributed by atoms with Gasteiger partial charge in [-0.2, -0.15) is 0 Å². The molecule has 2 bridgehead atoms. The van der Waals surface area contributed by atoms with Crippen LogP contribution in [0.25, 0.3) is 0 Å². The van der Waals surface area contributed by atoms with Crippen molar-refractivity contribution in [1.82, 2.24) is 0 Å². The Hall–Kier alpha value is -1.23. The second kappa shape index (κ2) is 12.3. The summed E-state index contributed by atoms with van der Waals surface area (Å²) in [6.45, 7) is 7.60. The maximum atomic E-state index is 13.1. The van der Waals surface area contributed by atoms with Crippen LogP contribution >= 0.6 is 0 Å². The summed E-state index contributed by atoms with van der Waals surface area (Å²) in [5, 5.41) is 72.7. The van der Waals surface area contributed by atoms with E-state index in [0.717, 1.165) is 50.5 Å². The molecule has 0 unspecified atom stereocenters. The van der Waals surface area contributed by atoms with Crippen molar-refractivity contribution in [1.29, 1.82) is 0 Å². The Morgan fingerprint density at radius 2 is 1.48 bits per heavy atom. The Labute approximate surface area is 269 Å². The van der Waals surface area contributed by atoms with E-state index < -0.39 is 85.6 Å². The molecule has 262 valence electrons. The highest BCUT2D eigenvalue weighted by Crippen LogP contribution is 2.73. The van der Waals surface area contributed by atoms with E-state index in [4.69, 9.17) is 23.7 Å². The third kappa shape index (κ3) is 5.12. The smallest absolute Gasteiger partial charge is 0.311 e. The molecule has 2 saturated heterocycles. The van der Waals surface area contributed by atoms with Crippen molar-refractivity contribution in [3.63, 3.8) is 0 Å². The Bertz CT molecular complexity index is 1170. The molecule has 46 heavy (non-hydrogen) atoms. The molecule has 6 fully saturated rings. The van der Waals surface area contributed by atoms with Crippen molar-refractivity contribution in [3.8, 4) is 0 Å². The van der Waals surface area contributed by atoms with E-state index in [0.29, 0.717) is 18.8 Å². The summed E-state index contributed by atoms with van der Waals surface area (Å²) < 4.78 is 29.6. The highest BCUT2D eigenvalue weighted by Gasteiger charge is 2.69. The van der Waals surface area contributed by atoms with Gasteiger partial charge in [0.25, 0.3) is 0 Å². The first-order valence-corrected chi connectivity index (χ1v) is 16.7. The maximum absolute atomic E-state index is 13.1. The number of rotatable bonds is 7. The molecule has 0 radical (unpaired) electrons. The van der Waals surface area contributed by atoms with E-state index in [1.807, 2.05) is 0 Å². The molecular weight excluding hydrogens is 604 g/mol. The van der Waals surface area contributed by atoms with E-state index in [-0.39, 0.29) is 22.7 Å². The number of fused-ring (bicyclic) bond motifs is 3. The number of carbonyl (C=O) groups excluding carboxylic acids is 1. The minimum atomic E-state index is -1.75. The van der Waals surface area contributed by atoms with Gasteiger partial charge in [0.2, 0.25) is 0 Å². The second-order valence-corrected chi connectivity index (χ2v) is 15.4. The van der Waals surface area contributed by atoms with Gasteiger partial charge in [-0.15, -0.1) is 0 Å². The monoisotopic (exact) mass is 656 g/mol. The molecule has 7 N–H and O–H groups in total. The highest BCUT2D eigenvalue weighted by atomic mass is 16.8.